The Morgan fingerprint density at radius 2 is 1.73 bits per heavy atom. The van der Waals surface area contributed by atoms with Crippen molar-refractivity contribution in [2.45, 2.75) is 13.0 Å². The SMILES string of the molecule is Cl.Cn1nccc1-c1cccc2cnn(CCc3ccc4ccccc4n3)c(=O)c12. The molecule has 0 radical (unpaired) electrons. The molecule has 0 saturated carbocycles. The van der Waals surface area contributed by atoms with E-state index in [1.807, 2.05) is 61.6 Å². The van der Waals surface area contributed by atoms with Gasteiger partial charge < -0.3 is 0 Å². The fourth-order valence-electron chi connectivity index (χ4n) is 3.71. The van der Waals surface area contributed by atoms with Gasteiger partial charge in [0.1, 0.15) is 0 Å². The molecule has 0 unspecified atom stereocenters. The van der Waals surface area contributed by atoms with E-state index in [2.05, 4.69) is 16.3 Å². The molecule has 3 aromatic heterocycles. The molecule has 3 heterocycles. The Morgan fingerprint density at radius 3 is 2.57 bits per heavy atom. The van der Waals surface area contributed by atoms with Crippen LogP contribution in [0.2, 0.25) is 0 Å². The number of aromatic nitrogens is 5. The lowest BCUT2D eigenvalue weighted by Crippen LogP contribution is -2.24. The summed E-state index contributed by atoms with van der Waals surface area (Å²) < 4.78 is 3.30. The van der Waals surface area contributed by atoms with Crippen LogP contribution in [0.25, 0.3) is 32.9 Å². The fourth-order valence-corrected chi connectivity index (χ4v) is 3.71. The summed E-state index contributed by atoms with van der Waals surface area (Å²) in [6.07, 6.45) is 4.13. The predicted molar refractivity (Wildman–Crippen MR) is 121 cm³/mol. The highest BCUT2D eigenvalue weighted by Gasteiger charge is 2.13. The van der Waals surface area contributed by atoms with Gasteiger partial charge in [0, 0.05) is 41.7 Å². The molecule has 0 amide bonds. The van der Waals surface area contributed by atoms with Crippen LogP contribution >= 0.6 is 12.4 Å². The minimum absolute atomic E-state index is 0. The molecule has 0 aliphatic carbocycles. The Balaban J connectivity index is 0.00000218. The maximum atomic E-state index is 13.2. The minimum Gasteiger partial charge on any atom is -0.268 e. The second-order valence-electron chi connectivity index (χ2n) is 7.03. The molecule has 0 bridgehead atoms. The second kappa shape index (κ2) is 8.08. The molecule has 6 nitrogen and oxygen atoms in total. The number of fused-ring (bicyclic) bond motifs is 2. The third-order valence-electron chi connectivity index (χ3n) is 5.21. The fraction of sp³-hybridized carbons (Fsp3) is 0.130. The van der Waals surface area contributed by atoms with Gasteiger partial charge in [0.25, 0.3) is 5.56 Å². The molecule has 0 spiro atoms. The van der Waals surface area contributed by atoms with Crippen molar-refractivity contribution in [3.63, 3.8) is 0 Å². The number of halogens is 1. The van der Waals surface area contributed by atoms with Gasteiger partial charge in [-0.2, -0.15) is 10.2 Å². The third-order valence-corrected chi connectivity index (χ3v) is 5.21. The highest BCUT2D eigenvalue weighted by atomic mass is 35.5. The van der Waals surface area contributed by atoms with Crippen LogP contribution in [-0.2, 0) is 20.0 Å². The largest absolute Gasteiger partial charge is 0.275 e. The van der Waals surface area contributed by atoms with E-state index in [0.29, 0.717) is 18.4 Å². The molecule has 0 aliphatic rings. The normalized spacial score (nSPS) is 11.0. The van der Waals surface area contributed by atoms with Crippen molar-refractivity contribution < 1.29 is 0 Å². The molecule has 5 rings (SSSR count). The van der Waals surface area contributed by atoms with Crippen molar-refractivity contribution in [2.24, 2.45) is 7.05 Å². The van der Waals surface area contributed by atoms with E-state index in [-0.39, 0.29) is 18.0 Å². The Labute approximate surface area is 179 Å². The first-order valence-electron chi connectivity index (χ1n) is 9.52. The van der Waals surface area contributed by atoms with Crippen LogP contribution in [0.4, 0.5) is 0 Å². The van der Waals surface area contributed by atoms with Gasteiger partial charge in [0.15, 0.2) is 0 Å². The highest BCUT2D eigenvalue weighted by molar-refractivity contribution is 5.94. The quantitative estimate of drug-likeness (QED) is 0.443. The molecule has 30 heavy (non-hydrogen) atoms. The summed E-state index contributed by atoms with van der Waals surface area (Å²) in [6, 6.07) is 19.8. The average molecular weight is 418 g/mol. The molecule has 2 aromatic carbocycles. The number of nitrogens with zero attached hydrogens (tertiary/aromatic N) is 5. The number of rotatable bonds is 4. The van der Waals surface area contributed by atoms with Crippen LogP contribution in [-0.4, -0.2) is 24.5 Å². The zero-order chi connectivity index (χ0) is 19.8. The van der Waals surface area contributed by atoms with Crippen LogP contribution in [0.1, 0.15) is 5.69 Å². The molecule has 150 valence electrons. The van der Waals surface area contributed by atoms with E-state index in [4.69, 9.17) is 4.98 Å². The number of hydrogen-bond donors (Lipinski definition) is 0. The van der Waals surface area contributed by atoms with E-state index >= 15 is 0 Å². The molecule has 0 fully saturated rings. The monoisotopic (exact) mass is 417 g/mol. The Hall–Kier alpha value is -3.51. The summed E-state index contributed by atoms with van der Waals surface area (Å²) >= 11 is 0. The highest BCUT2D eigenvalue weighted by Crippen LogP contribution is 2.25. The molecule has 0 N–H and O–H groups in total. The van der Waals surface area contributed by atoms with E-state index in [9.17, 15) is 4.79 Å². The van der Waals surface area contributed by atoms with Gasteiger partial charge in [0.05, 0.1) is 29.3 Å². The number of hydrogen-bond acceptors (Lipinski definition) is 4. The van der Waals surface area contributed by atoms with Crippen molar-refractivity contribution in [1.82, 2.24) is 24.5 Å². The van der Waals surface area contributed by atoms with E-state index < -0.39 is 0 Å². The Kier molecular flexibility index (Phi) is 5.33. The Morgan fingerprint density at radius 1 is 0.900 bits per heavy atom. The molecule has 0 atom stereocenters. The summed E-state index contributed by atoms with van der Waals surface area (Å²) in [5.74, 6) is 0. The van der Waals surface area contributed by atoms with Crippen molar-refractivity contribution in [1.29, 1.82) is 0 Å². The zero-order valence-corrected chi connectivity index (χ0v) is 17.2. The first kappa shape index (κ1) is 19.8. The number of para-hydroxylation sites is 1. The zero-order valence-electron chi connectivity index (χ0n) is 16.4. The average Bonchev–Trinajstić information content (AvgIpc) is 3.18. The first-order chi connectivity index (χ1) is 14.2. The lowest BCUT2D eigenvalue weighted by molar-refractivity contribution is 0.580. The van der Waals surface area contributed by atoms with Crippen LogP contribution < -0.4 is 5.56 Å². The number of benzene rings is 2. The lowest BCUT2D eigenvalue weighted by Gasteiger charge is -2.10. The van der Waals surface area contributed by atoms with Gasteiger partial charge in [-0.05, 0) is 18.2 Å². The maximum Gasteiger partial charge on any atom is 0.275 e. The summed E-state index contributed by atoms with van der Waals surface area (Å²) in [5, 5.41) is 11.2. The van der Waals surface area contributed by atoms with Crippen LogP contribution in [0.15, 0.2) is 77.9 Å². The first-order valence-corrected chi connectivity index (χ1v) is 9.52. The van der Waals surface area contributed by atoms with Crippen LogP contribution in [0, 0.1) is 0 Å². The van der Waals surface area contributed by atoms with Gasteiger partial charge in [-0.3, -0.25) is 14.5 Å². The van der Waals surface area contributed by atoms with Crippen molar-refractivity contribution in [3.05, 3.63) is 89.1 Å². The standard InChI is InChI=1S/C23H19N5O.ClH/c1-27-21(11-13-24-27)19-7-4-6-17-15-25-28(23(29)22(17)19)14-12-18-10-9-16-5-2-3-8-20(16)26-18;/h2-11,13,15H,12,14H2,1H3;1H. The number of aryl methyl sites for hydroxylation is 3. The summed E-state index contributed by atoms with van der Waals surface area (Å²) in [6.45, 7) is 0.472. The van der Waals surface area contributed by atoms with E-state index in [1.165, 1.54) is 4.68 Å². The third kappa shape index (κ3) is 3.46. The topological polar surface area (TPSA) is 65.6 Å². The summed E-state index contributed by atoms with van der Waals surface area (Å²) in [4.78, 5) is 17.9. The van der Waals surface area contributed by atoms with Gasteiger partial charge in [-0.15, -0.1) is 12.4 Å². The van der Waals surface area contributed by atoms with Gasteiger partial charge >= 0.3 is 0 Å². The summed E-state index contributed by atoms with van der Waals surface area (Å²) in [7, 11) is 1.87. The van der Waals surface area contributed by atoms with E-state index in [0.717, 1.165) is 33.2 Å². The number of pyridine rings is 1. The van der Waals surface area contributed by atoms with Gasteiger partial charge in [-0.1, -0.05) is 42.5 Å². The predicted octanol–water partition coefficient (Wildman–Crippen LogP) is 4.01. The Bertz CT molecular complexity index is 1410. The van der Waals surface area contributed by atoms with Gasteiger partial charge in [-0.25, -0.2) is 4.68 Å². The summed E-state index contributed by atoms with van der Waals surface area (Å²) in [5.41, 5.74) is 3.58. The molecular formula is C23H20ClN5O. The lowest BCUT2D eigenvalue weighted by atomic mass is 10.0. The van der Waals surface area contributed by atoms with Crippen LogP contribution in [0.5, 0.6) is 0 Å². The van der Waals surface area contributed by atoms with E-state index in [1.54, 1.807) is 17.1 Å². The van der Waals surface area contributed by atoms with Crippen molar-refractivity contribution >= 4 is 34.1 Å². The second-order valence-corrected chi connectivity index (χ2v) is 7.03. The minimum atomic E-state index is -0.0971. The van der Waals surface area contributed by atoms with Gasteiger partial charge in [0.2, 0.25) is 0 Å². The molecule has 7 heteroatoms. The molecule has 0 aliphatic heterocycles. The van der Waals surface area contributed by atoms with Crippen LogP contribution in [0.3, 0.4) is 0 Å². The molecule has 5 aromatic rings. The molecular weight excluding hydrogens is 398 g/mol. The smallest absolute Gasteiger partial charge is 0.268 e. The van der Waals surface area contributed by atoms with Crippen molar-refractivity contribution in [2.75, 3.05) is 0 Å². The van der Waals surface area contributed by atoms with Crippen molar-refractivity contribution in [3.8, 4) is 11.3 Å². The molecule has 0 saturated heterocycles. The maximum absolute atomic E-state index is 13.2.